The number of ketones is 1. The second-order valence-electron chi connectivity index (χ2n) is 7.42. The number of rotatable bonds is 0. The summed E-state index contributed by atoms with van der Waals surface area (Å²) in [5, 5.41) is 32.7. The Balaban J connectivity index is 2.32. The number of ether oxygens (including phenoxy) is 1. The fraction of sp³-hybridized carbons (Fsp3) is 0.867. The Kier molecular flexibility index (Phi) is 2.74. The van der Waals surface area contributed by atoms with Gasteiger partial charge in [-0.15, -0.1) is 0 Å². The summed E-state index contributed by atoms with van der Waals surface area (Å²) in [6.07, 6.45) is -1.05. The Morgan fingerprint density at radius 1 is 1.19 bits per heavy atom. The normalized spacial score (nSPS) is 56.7. The van der Waals surface area contributed by atoms with Gasteiger partial charge in [0.05, 0.1) is 17.9 Å². The molecule has 6 atom stereocenters. The lowest BCUT2D eigenvalue weighted by Gasteiger charge is -2.60. The number of cyclic esters (lactones) is 1. The molecule has 0 amide bonds. The minimum absolute atomic E-state index is 0.112. The van der Waals surface area contributed by atoms with Gasteiger partial charge in [-0.1, -0.05) is 13.8 Å². The molecule has 0 aromatic rings. The van der Waals surface area contributed by atoms with E-state index < -0.39 is 39.9 Å². The lowest BCUT2D eigenvalue weighted by molar-refractivity contribution is -0.272. The van der Waals surface area contributed by atoms with E-state index in [0.29, 0.717) is 6.42 Å². The maximum Gasteiger partial charge on any atom is 0.306 e. The third-order valence-electron chi connectivity index (χ3n) is 6.68. The molecule has 21 heavy (non-hydrogen) atoms. The highest BCUT2D eigenvalue weighted by atomic mass is 16.5. The summed E-state index contributed by atoms with van der Waals surface area (Å²) in [4.78, 5) is 24.5. The molecule has 1 saturated heterocycles. The first-order chi connectivity index (χ1) is 9.53. The highest BCUT2D eigenvalue weighted by molar-refractivity contribution is 5.91. The van der Waals surface area contributed by atoms with Crippen LogP contribution in [-0.2, 0) is 14.3 Å². The van der Waals surface area contributed by atoms with Crippen molar-refractivity contribution >= 4 is 11.8 Å². The predicted molar refractivity (Wildman–Crippen MR) is 71.1 cm³/mol. The van der Waals surface area contributed by atoms with Gasteiger partial charge < -0.3 is 20.1 Å². The van der Waals surface area contributed by atoms with E-state index in [1.165, 1.54) is 13.8 Å². The van der Waals surface area contributed by atoms with Crippen LogP contribution >= 0.6 is 0 Å². The van der Waals surface area contributed by atoms with Crippen molar-refractivity contribution < 1.29 is 29.6 Å². The van der Waals surface area contributed by atoms with Crippen LogP contribution in [0.3, 0.4) is 0 Å². The van der Waals surface area contributed by atoms with E-state index >= 15 is 0 Å². The van der Waals surface area contributed by atoms with Crippen LogP contribution in [-0.4, -0.2) is 51.0 Å². The molecule has 0 radical (unpaired) electrons. The third kappa shape index (κ3) is 1.34. The summed E-state index contributed by atoms with van der Waals surface area (Å²) in [6, 6.07) is 0. The van der Waals surface area contributed by atoms with Crippen molar-refractivity contribution in [1.29, 1.82) is 0 Å². The fourth-order valence-corrected chi connectivity index (χ4v) is 4.96. The summed E-state index contributed by atoms with van der Waals surface area (Å²) in [7, 11) is 0. The number of Topliss-reactive ketones (excluding diaryl/α,β-unsaturated/α-hetero) is 1. The first-order valence-electron chi connectivity index (χ1n) is 7.35. The second-order valence-corrected chi connectivity index (χ2v) is 7.42. The molecular formula is C15H22O6. The van der Waals surface area contributed by atoms with Crippen molar-refractivity contribution in [2.45, 2.75) is 57.3 Å². The molecule has 1 aliphatic heterocycles. The number of aliphatic hydroxyl groups is 3. The van der Waals surface area contributed by atoms with Gasteiger partial charge in [0, 0.05) is 11.8 Å². The van der Waals surface area contributed by atoms with E-state index in [9.17, 15) is 24.9 Å². The van der Waals surface area contributed by atoms with Gasteiger partial charge in [0.1, 0.15) is 17.8 Å². The summed E-state index contributed by atoms with van der Waals surface area (Å²) in [5.41, 5.74) is -6.11. The lowest BCUT2D eigenvalue weighted by Crippen LogP contribution is -2.75. The molecule has 2 saturated carbocycles. The molecule has 118 valence electrons. The van der Waals surface area contributed by atoms with Crippen molar-refractivity contribution in [3.8, 4) is 0 Å². The van der Waals surface area contributed by atoms with Gasteiger partial charge in [-0.3, -0.25) is 9.59 Å². The van der Waals surface area contributed by atoms with E-state index in [0.717, 1.165) is 0 Å². The van der Waals surface area contributed by atoms with E-state index in [2.05, 4.69) is 0 Å². The number of hydrogen-bond acceptors (Lipinski definition) is 6. The number of esters is 1. The largest absolute Gasteiger partial charge is 0.465 e. The molecule has 5 unspecified atom stereocenters. The molecule has 3 fully saturated rings. The molecule has 1 heterocycles. The van der Waals surface area contributed by atoms with Gasteiger partial charge in [0.15, 0.2) is 5.78 Å². The number of aliphatic hydroxyl groups excluding tert-OH is 1. The molecule has 3 rings (SSSR count). The van der Waals surface area contributed by atoms with Gasteiger partial charge in [-0.25, -0.2) is 0 Å². The quantitative estimate of drug-likeness (QED) is 0.534. The van der Waals surface area contributed by atoms with Gasteiger partial charge in [-0.05, 0) is 19.3 Å². The van der Waals surface area contributed by atoms with Crippen LogP contribution in [0.5, 0.6) is 0 Å². The molecule has 6 heteroatoms. The van der Waals surface area contributed by atoms with E-state index in [4.69, 9.17) is 4.74 Å². The first-order valence-corrected chi connectivity index (χ1v) is 7.35. The summed E-state index contributed by atoms with van der Waals surface area (Å²) in [5.74, 6) is -1.12. The van der Waals surface area contributed by atoms with E-state index in [-0.39, 0.29) is 25.4 Å². The van der Waals surface area contributed by atoms with Gasteiger partial charge in [-0.2, -0.15) is 0 Å². The highest BCUT2D eigenvalue weighted by Gasteiger charge is 2.80. The maximum absolute atomic E-state index is 12.5. The molecule has 6 nitrogen and oxygen atoms in total. The average molecular weight is 298 g/mol. The minimum atomic E-state index is -1.86. The number of carbonyl (C=O) groups excluding carboxylic acids is 2. The van der Waals surface area contributed by atoms with Crippen LogP contribution in [0.25, 0.3) is 0 Å². The summed E-state index contributed by atoms with van der Waals surface area (Å²) >= 11 is 0. The standard InChI is InChI=1S/C15H22O6/c1-8-4-9(16)15(20)12(2)7-21-11(18)6-14(8,15)5-10(17)13(12,3)19/h8-9,16,19-20H,4-7H2,1-3H3/t8?,9?,12-,13?,14?,15?/m1/s1. The van der Waals surface area contributed by atoms with Gasteiger partial charge >= 0.3 is 5.97 Å². The average Bonchev–Trinajstić information content (AvgIpc) is 2.52. The Labute approximate surface area is 123 Å². The van der Waals surface area contributed by atoms with Gasteiger partial charge in [0.25, 0.3) is 0 Å². The van der Waals surface area contributed by atoms with Crippen LogP contribution in [0.2, 0.25) is 0 Å². The first kappa shape index (κ1) is 14.9. The molecular weight excluding hydrogens is 276 g/mol. The van der Waals surface area contributed by atoms with Crippen LogP contribution in [0.4, 0.5) is 0 Å². The third-order valence-corrected chi connectivity index (χ3v) is 6.68. The molecule has 0 spiro atoms. The highest BCUT2D eigenvalue weighted by Crippen LogP contribution is 2.68. The molecule has 0 aromatic heterocycles. The van der Waals surface area contributed by atoms with Gasteiger partial charge in [0.2, 0.25) is 0 Å². The van der Waals surface area contributed by atoms with Crippen molar-refractivity contribution in [3.63, 3.8) is 0 Å². The van der Waals surface area contributed by atoms with Crippen LogP contribution in [0.15, 0.2) is 0 Å². The zero-order chi connectivity index (χ0) is 15.8. The Hall–Kier alpha value is -0.980. The number of carbonyl (C=O) groups is 2. The summed E-state index contributed by atoms with van der Waals surface area (Å²) in [6.45, 7) is 4.41. The zero-order valence-electron chi connectivity index (χ0n) is 12.5. The Morgan fingerprint density at radius 3 is 2.43 bits per heavy atom. The molecule has 2 aliphatic carbocycles. The van der Waals surface area contributed by atoms with E-state index in [1.54, 1.807) is 0 Å². The lowest BCUT2D eigenvalue weighted by atomic mass is 9.46. The summed E-state index contributed by atoms with van der Waals surface area (Å²) < 4.78 is 5.17. The monoisotopic (exact) mass is 298 g/mol. The van der Waals surface area contributed by atoms with Crippen molar-refractivity contribution in [1.82, 2.24) is 0 Å². The second kappa shape index (κ2) is 3.86. The van der Waals surface area contributed by atoms with Crippen LogP contribution in [0.1, 0.15) is 40.0 Å². The predicted octanol–water partition coefficient (Wildman–Crippen LogP) is -0.218. The smallest absolute Gasteiger partial charge is 0.306 e. The van der Waals surface area contributed by atoms with Crippen molar-refractivity contribution in [2.24, 2.45) is 16.7 Å². The molecule has 3 N–H and O–H groups in total. The van der Waals surface area contributed by atoms with Crippen molar-refractivity contribution in [2.75, 3.05) is 6.61 Å². The topological polar surface area (TPSA) is 104 Å². The number of hydrogen-bond donors (Lipinski definition) is 3. The zero-order valence-corrected chi connectivity index (χ0v) is 12.5. The van der Waals surface area contributed by atoms with Crippen LogP contribution < -0.4 is 0 Å². The maximum atomic E-state index is 12.5. The Bertz CT molecular complexity index is 528. The minimum Gasteiger partial charge on any atom is -0.465 e. The van der Waals surface area contributed by atoms with Crippen LogP contribution in [0, 0.1) is 16.7 Å². The molecule has 0 aromatic carbocycles. The Morgan fingerprint density at radius 2 is 1.81 bits per heavy atom. The molecule has 2 bridgehead atoms. The van der Waals surface area contributed by atoms with Crippen molar-refractivity contribution in [3.05, 3.63) is 0 Å². The SMILES string of the molecule is CC1CC(O)C2(O)C13CC(=O)OC[C@]2(C)C(C)(O)C(=O)C3. The van der Waals surface area contributed by atoms with E-state index in [1.807, 2.05) is 6.92 Å². The molecule has 3 aliphatic rings. The fourth-order valence-electron chi connectivity index (χ4n) is 4.96.